The number of aliphatic hydroxyl groups excluding tert-OH is 1. The summed E-state index contributed by atoms with van der Waals surface area (Å²) in [6, 6.07) is 8.21. The van der Waals surface area contributed by atoms with Crippen LogP contribution in [-0.4, -0.2) is 14.9 Å². The second kappa shape index (κ2) is 6.76. The molecular weight excluding hydrogens is 264 g/mol. The van der Waals surface area contributed by atoms with Gasteiger partial charge in [0.2, 0.25) is 0 Å². The molecule has 4 nitrogen and oxygen atoms in total. The molecule has 0 saturated carbocycles. The number of hydrogen-bond acceptors (Lipinski definition) is 3. The topological polar surface area (TPSA) is 47.3 Å². The van der Waals surface area contributed by atoms with Crippen molar-refractivity contribution in [2.45, 2.75) is 52.9 Å². The fourth-order valence-electron chi connectivity index (χ4n) is 2.15. The number of aliphatic hydroxyl groups is 1. The average molecular weight is 288 g/mol. The number of aromatic nitrogens is 2. The molecule has 2 atom stereocenters. The number of benzene rings is 1. The second-order valence-electron chi connectivity index (χ2n) is 5.55. The van der Waals surface area contributed by atoms with E-state index >= 15 is 0 Å². The molecule has 4 heteroatoms. The van der Waals surface area contributed by atoms with E-state index in [-0.39, 0.29) is 0 Å². The van der Waals surface area contributed by atoms with Crippen molar-refractivity contribution < 1.29 is 9.84 Å². The van der Waals surface area contributed by atoms with Crippen LogP contribution in [0.15, 0.2) is 30.5 Å². The lowest BCUT2D eigenvalue weighted by Gasteiger charge is -2.13. The van der Waals surface area contributed by atoms with Gasteiger partial charge in [-0.05, 0) is 44.9 Å². The summed E-state index contributed by atoms with van der Waals surface area (Å²) in [5.41, 5.74) is 2.81. The van der Waals surface area contributed by atoms with Crippen LogP contribution in [0.4, 0.5) is 0 Å². The first-order valence-electron chi connectivity index (χ1n) is 7.46. The van der Waals surface area contributed by atoms with Gasteiger partial charge >= 0.3 is 0 Å². The van der Waals surface area contributed by atoms with Crippen LogP contribution >= 0.6 is 0 Å². The van der Waals surface area contributed by atoms with E-state index in [2.05, 4.69) is 18.9 Å². The van der Waals surface area contributed by atoms with Gasteiger partial charge in [-0.3, -0.25) is 4.68 Å². The van der Waals surface area contributed by atoms with E-state index in [1.165, 1.54) is 0 Å². The van der Waals surface area contributed by atoms with E-state index in [1.54, 1.807) is 6.92 Å². The van der Waals surface area contributed by atoms with Crippen LogP contribution in [0.25, 0.3) is 0 Å². The Hall–Kier alpha value is -1.81. The van der Waals surface area contributed by atoms with Crippen molar-refractivity contribution in [1.82, 2.24) is 9.78 Å². The van der Waals surface area contributed by atoms with Crippen LogP contribution < -0.4 is 4.74 Å². The maximum atomic E-state index is 9.80. The Morgan fingerprint density at radius 1 is 1.29 bits per heavy atom. The van der Waals surface area contributed by atoms with Crippen LogP contribution in [-0.2, 0) is 6.61 Å². The lowest BCUT2D eigenvalue weighted by Crippen LogP contribution is -2.06. The van der Waals surface area contributed by atoms with Gasteiger partial charge in [0.25, 0.3) is 0 Å². The number of rotatable bonds is 6. The minimum absolute atomic E-state index is 0.394. The van der Waals surface area contributed by atoms with Crippen LogP contribution in [0, 0.1) is 6.92 Å². The molecule has 0 aliphatic rings. The Bertz CT molecular complexity index is 590. The van der Waals surface area contributed by atoms with Gasteiger partial charge in [0.05, 0.1) is 11.8 Å². The summed E-state index contributed by atoms with van der Waals surface area (Å²) >= 11 is 0. The largest absolute Gasteiger partial charge is 0.487 e. The van der Waals surface area contributed by atoms with Gasteiger partial charge in [0.1, 0.15) is 12.4 Å². The molecule has 0 radical (unpaired) electrons. The smallest absolute Gasteiger partial charge is 0.132 e. The molecule has 2 rings (SSSR count). The number of aryl methyl sites for hydroxylation is 1. The molecular formula is C17H24N2O2. The van der Waals surface area contributed by atoms with Crippen LogP contribution in [0.2, 0.25) is 0 Å². The molecule has 0 spiro atoms. The predicted octanol–water partition coefficient (Wildman–Crippen LogP) is 3.79. The number of hydrogen-bond donors (Lipinski definition) is 1. The minimum atomic E-state index is -0.543. The third-order valence-corrected chi connectivity index (χ3v) is 3.70. The van der Waals surface area contributed by atoms with E-state index in [4.69, 9.17) is 4.74 Å². The quantitative estimate of drug-likeness (QED) is 0.879. The van der Waals surface area contributed by atoms with E-state index < -0.39 is 6.10 Å². The Labute approximate surface area is 126 Å². The molecule has 114 valence electrons. The van der Waals surface area contributed by atoms with Gasteiger partial charge in [0.15, 0.2) is 0 Å². The molecule has 1 unspecified atom stereocenters. The molecule has 21 heavy (non-hydrogen) atoms. The lowest BCUT2D eigenvalue weighted by molar-refractivity contribution is 0.189. The maximum Gasteiger partial charge on any atom is 0.132 e. The monoisotopic (exact) mass is 288 g/mol. The zero-order chi connectivity index (χ0) is 15.4. The summed E-state index contributed by atoms with van der Waals surface area (Å²) in [6.07, 6.45) is 2.49. The van der Waals surface area contributed by atoms with Crippen molar-refractivity contribution in [2.24, 2.45) is 0 Å². The van der Waals surface area contributed by atoms with E-state index in [0.717, 1.165) is 29.0 Å². The zero-order valence-corrected chi connectivity index (χ0v) is 13.2. The van der Waals surface area contributed by atoms with Gasteiger partial charge in [0, 0.05) is 17.8 Å². The maximum absolute atomic E-state index is 9.80. The van der Waals surface area contributed by atoms with E-state index in [9.17, 15) is 5.11 Å². The molecule has 0 aliphatic carbocycles. The summed E-state index contributed by atoms with van der Waals surface area (Å²) in [6.45, 7) is 8.45. The molecule has 0 aliphatic heterocycles. The Kier molecular flexibility index (Phi) is 5.02. The molecule has 0 amide bonds. The minimum Gasteiger partial charge on any atom is -0.487 e. The first kappa shape index (κ1) is 15.6. The third-order valence-electron chi connectivity index (χ3n) is 3.70. The highest BCUT2D eigenvalue weighted by atomic mass is 16.5. The standard InChI is InChI=1S/C17H24N2O2/c1-5-13(3)19-9-8-15(18-19)11-21-17-10-12(2)6-7-16(17)14(4)20/h6-10,13-14,20H,5,11H2,1-4H3/t13?,14-/m1/s1. The summed E-state index contributed by atoms with van der Waals surface area (Å²) in [5, 5.41) is 14.3. The van der Waals surface area contributed by atoms with Crippen molar-refractivity contribution in [1.29, 1.82) is 0 Å². The molecule has 1 N–H and O–H groups in total. The molecule has 1 aromatic heterocycles. The Morgan fingerprint density at radius 2 is 2.05 bits per heavy atom. The number of ether oxygens (including phenoxy) is 1. The molecule has 1 aromatic carbocycles. The van der Waals surface area contributed by atoms with Crippen molar-refractivity contribution in [3.63, 3.8) is 0 Å². The summed E-state index contributed by atoms with van der Waals surface area (Å²) in [4.78, 5) is 0. The number of nitrogens with zero attached hydrogens (tertiary/aromatic N) is 2. The summed E-state index contributed by atoms with van der Waals surface area (Å²) in [5.74, 6) is 0.725. The molecule has 0 fully saturated rings. The highest BCUT2D eigenvalue weighted by Gasteiger charge is 2.11. The first-order valence-corrected chi connectivity index (χ1v) is 7.46. The van der Waals surface area contributed by atoms with E-state index in [1.807, 2.05) is 42.1 Å². The van der Waals surface area contributed by atoms with Crippen molar-refractivity contribution in [3.8, 4) is 5.75 Å². The van der Waals surface area contributed by atoms with Gasteiger partial charge in [-0.15, -0.1) is 0 Å². The van der Waals surface area contributed by atoms with Gasteiger partial charge in [-0.1, -0.05) is 19.1 Å². The predicted molar refractivity (Wildman–Crippen MR) is 83.4 cm³/mol. The second-order valence-corrected chi connectivity index (χ2v) is 5.55. The molecule has 0 bridgehead atoms. The van der Waals surface area contributed by atoms with Crippen molar-refractivity contribution in [3.05, 3.63) is 47.3 Å². The molecule has 0 saturated heterocycles. The van der Waals surface area contributed by atoms with Crippen molar-refractivity contribution in [2.75, 3.05) is 0 Å². The van der Waals surface area contributed by atoms with Crippen LogP contribution in [0.5, 0.6) is 5.75 Å². The Balaban J connectivity index is 2.09. The SMILES string of the molecule is CCC(C)n1ccc(COc2cc(C)ccc2[C@@H](C)O)n1. The normalized spacial score (nSPS) is 14.0. The highest BCUT2D eigenvalue weighted by molar-refractivity contribution is 5.38. The van der Waals surface area contributed by atoms with E-state index in [0.29, 0.717) is 12.6 Å². The Morgan fingerprint density at radius 3 is 2.71 bits per heavy atom. The zero-order valence-electron chi connectivity index (χ0n) is 13.2. The fraction of sp³-hybridized carbons (Fsp3) is 0.471. The third kappa shape index (κ3) is 3.85. The van der Waals surface area contributed by atoms with Crippen LogP contribution in [0.1, 0.15) is 56.2 Å². The van der Waals surface area contributed by atoms with Gasteiger partial charge in [-0.2, -0.15) is 5.10 Å². The summed E-state index contributed by atoms with van der Waals surface area (Å²) < 4.78 is 7.82. The summed E-state index contributed by atoms with van der Waals surface area (Å²) in [7, 11) is 0. The lowest BCUT2D eigenvalue weighted by atomic mass is 10.1. The van der Waals surface area contributed by atoms with Crippen LogP contribution in [0.3, 0.4) is 0 Å². The average Bonchev–Trinajstić information content (AvgIpc) is 2.93. The van der Waals surface area contributed by atoms with Gasteiger partial charge in [-0.25, -0.2) is 0 Å². The van der Waals surface area contributed by atoms with Gasteiger partial charge < -0.3 is 9.84 Å². The molecule has 1 heterocycles. The molecule has 2 aromatic rings. The first-order chi connectivity index (χ1) is 10.0. The fourth-order valence-corrected chi connectivity index (χ4v) is 2.15. The highest BCUT2D eigenvalue weighted by Crippen LogP contribution is 2.27. The van der Waals surface area contributed by atoms with Crippen molar-refractivity contribution >= 4 is 0 Å².